The number of hydrogen-bond donors (Lipinski definition) is 0. The van der Waals surface area contributed by atoms with Gasteiger partial charge < -0.3 is 0 Å². The minimum absolute atomic E-state index is 0.198. The van der Waals surface area contributed by atoms with E-state index in [2.05, 4.69) is 66.7 Å². The topological polar surface area (TPSA) is 0 Å². The fraction of sp³-hybridized carbons (Fsp3) is 0.0833. The van der Waals surface area contributed by atoms with Crippen molar-refractivity contribution in [3.05, 3.63) is 108 Å². The van der Waals surface area contributed by atoms with E-state index < -0.39 is 0 Å². The molecule has 0 heterocycles. The number of aryl methyl sites for hydroxylation is 2. The van der Waals surface area contributed by atoms with Gasteiger partial charge in [0.05, 0.1) is 0 Å². The summed E-state index contributed by atoms with van der Waals surface area (Å²) in [5, 5.41) is 2.58. The molecule has 0 spiro atoms. The van der Waals surface area contributed by atoms with Crippen LogP contribution < -0.4 is 0 Å². The summed E-state index contributed by atoms with van der Waals surface area (Å²) in [5.74, 6) is -0.198. The second-order valence-corrected chi connectivity index (χ2v) is 6.39. The molecule has 0 N–H and O–H groups in total. The van der Waals surface area contributed by atoms with Gasteiger partial charge >= 0.3 is 0 Å². The molecule has 0 radical (unpaired) electrons. The lowest BCUT2D eigenvalue weighted by Crippen LogP contribution is -1.91. The molecule has 0 aliphatic rings. The maximum atomic E-state index is 13.0. The molecule has 0 fully saturated rings. The Morgan fingerprint density at radius 3 is 1.80 bits per heavy atom. The zero-order valence-electron chi connectivity index (χ0n) is 14.0. The highest BCUT2D eigenvalue weighted by molar-refractivity contribution is 5.83. The minimum Gasteiger partial charge on any atom is -0.207 e. The van der Waals surface area contributed by atoms with Crippen molar-refractivity contribution >= 4 is 10.8 Å². The average Bonchev–Trinajstić information content (AvgIpc) is 2.67. The Balaban J connectivity index is 1.46. The minimum atomic E-state index is -0.198. The van der Waals surface area contributed by atoms with E-state index in [1.807, 2.05) is 12.1 Å². The molecule has 4 aromatic rings. The first-order valence-electron chi connectivity index (χ1n) is 8.60. The molecule has 122 valence electrons. The lowest BCUT2D eigenvalue weighted by atomic mass is 9.99. The van der Waals surface area contributed by atoms with Crippen LogP contribution in [0.4, 0.5) is 4.39 Å². The van der Waals surface area contributed by atoms with Gasteiger partial charge in [-0.05, 0) is 58.0 Å². The molecule has 0 saturated heterocycles. The van der Waals surface area contributed by atoms with Crippen LogP contribution in [0.25, 0.3) is 21.9 Å². The van der Waals surface area contributed by atoms with Gasteiger partial charge in [-0.15, -0.1) is 0 Å². The van der Waals surface area contributed by atoms with Gasteiger partial charge in [-0.1, -0.05) is 78.9 Å². The Morgan fingerprint density at radius 1 is 0.520 bits per heavy atom. The summed E-state index contributed by atoms with van der Waals surface area (Å²) in [6.45, 7) is 0. The summed E-state index contributed by atoms with van der Waals surface area (Å²) in [7, 11) is 0. The van der Waals surface area contributed by atoms with Crippen LogP contribution in [0.1, 0.15) is 11.1 Å². The van der Waals surface area contributed by atoms with Gasteiger partial charge in [0.25, 0.3) is 0 Å². The van der Waals surface area contributed by atoms with Crippen LogP contribution >= 0.6 is 0 Å². The van der Waals surface area contributed by atoms with E-state index in [0.717, 1.165) is 24.0 Å². The van der Waals surface area contributed by atoms with Crippen LogP contribution in [-0.2, 0) is 12.8 Å². The summed E-state index contributed by atoms with van der Waals surface area (Å²) in [5.41, 5.74) is 4.84. The monoisotopic (exact) mass is 326 g/mol. The molecule has 4 rings (SSSR count). The summed E-state index contributed by atoms with van der Waals surface area (Å²) in [6.07, 6.45) is 2.04. The molecule has 0 amide bonds. The number of benzene rings is 4. The molecule has 0 bridgehead atoms. The van der Waals surface area contributed by atoms with Crippen molar-refractivity contribution < 1.29 is 4.39 Å². The molecule has 0 nitrogen and oxygen atoms in total. The first-order chi connectivity index (χ1) is 12.3. The molecule has 0 aliphatic heterocycles. The maximum Gasteiger partial charge on any atom is 0.123 e. The third-order valence-electron chi connectivity index (χ3n) is 4.65. The van der Waals surface area contributed by atoms with Crippen LogP contribution in [0.5, 0.6) is 0 Å². The summed E-state index contributed by atoms with van der Waals surface area (Å²) in [6, 6.07) is 30.4. The first kappa shape index (κ1) is 15.6. The fourth-order valence-electron chi connectivity index (χ4n) is 3.19. The lowest BCUT2D eigenvalue weighted by molar-refractivity contribution is 0.628. The van der Waals surface area contributed by atoms with Crippen molar-refractivity contribution in [3.8, 4) is 11.1 Å². The summed E-state index contributed by atoms with van der Waals surface area (Å²) >= 11 is 0. The Bertz CT molecular complexity index is 982. The molecule has 0 saturated carbocycles. The van der Waals surface area contributed by atoms with Gasteiger partial charge in [-0.2, -0.15) is 0 Å². The number of fused-ring (bicyclic) bond motifs is 1. The van der Waals surface area contributed by atoms with Gasteiger partial charge in [0.2, 0.25) is 0 Å². The smallest absolute Gasteiger partial charge is 0.123 e. The molecule has 1 heteroatoms. The largest absolute Gasteiger partial charge is 0.207 e. The molecule has 4 aromatic carbocycles. The predicted octanol–water partition coefficient (Wildman–Crippen LogP) is 6.43. The third kappa shape index (κ3) is 3.61. The quantitative estimate of drug-likeness (QED) is 0.405. The molecule has 0 atom stereocenters. The first-order valence-corrected chi connectivity index (χ1v) is 8.60. The van der Waals surface area contributed by atoms with Crippen molar-refractivity contribution in [2.75, 3.05) is 0 Å². The van der Waals surface area contributed by atoms with Crippen molar-refractivity contribution in [1.29, 1.82) is 0 Å². The van der Waals surface area contributed by atoms with Gasteiger partial charge in [-0.25, -0.2) is 4.39 Å². The second kappa shape index (κ2) is 6.90. The zero-order chi connectivity index (χ0) is 17.1. The fourth-order valence-corrected chi connectivity index (χ4v) is 3.19. The molecular weight excluding hydrogens is 307 g/mol. The third-order valence-corrected chi connectivity index (χ3v) is 4.65. The Kier molecular flexibility index (Phi) is 4.30. The van der Waals surface area contributed by atoms with Crippen LogP contribution in [0.3, 0.4) is 0 Å². The van der Waals surface area contributed by atoms with Crippen molar-refractivity contribution in [1.82, 2.24) is 0 Å². The standard InChI is InChI=1S/C24H19F/c25-24-15-13-22(14-16-24)21-10-7-18(8-11-21)5-6-19-9-12-20-3-1-2-4-23(20)17-19/h1-4,7-17H,5-6H2. The van der Waals surface area contributed by atoms with Crippen LogP contribution in [-0.4, -0.2) is 0 Å². The molecule has 0 aromatic heterocycles. The zero-order valence-corrected chi connectivity index (χ0v) is 14.0. The number of hydrogen-bond acceptors (Lipinski definition) is 0. The Labute approximate surface area is 147 Å². The summed E-state index contributed by atoms with van der Waals surface area (Å²) in [4.78, 5) is 0. The predicted molar refractivity (Wildman–Crippen MR) is 103 cm³/mol. The number of rotatable bonds is 4. The van der Waals surface area contributed by atoms with E-state index in [0.29, 0.717) is 0 Å². The van der Waals surface area contributed by atoms with E-state index in [1.54, 1.807) is 0 Å². The Morgan fingerprint density at radius 2 is 1.08 bits per heavy atom. The van der Waals surface area contributed by atoms with Crippen LogP contribution in [0.15, 0.2) is 91.0 Å². The second-order valence-electron chi connectivity index (χ2n) is 6.39. The molecular formula is C24H19F. The molecule has 0 unspecified atom stereocenters. The Hall–Kier alpha value is -2.93. The van der Waals surface area contributed by atoms with E-state index in [-0.39, 0.29) is 5.82 Å². The van der Waals surface area contributed by atoms with Crippen molar-refractivity contribution in [2.24, 2.45) is 0 Å². The highest BCUT2D eigenvalue weighted by Gasteiger charge is 2.01. The summed E-state index contributed by atoms with van der Waals surface area (Å²) < 4.78 is 13.0. The van der Waals surface area contributed by atoms with E-state index >= 15 is 0 Å². The molecule has 25 heavy (non-hydrogen) atoms. The van der Waals surface area contributed by atoms with Crippen LogP contribution in [0, 0.1) is 5.82 Å². The van der Waals surface area contributed by atoms with E-state index in [9.17, 15) is 4.39 Å². The van der Waals surface area contributed by atoms with E-state index in [4.69, 9.17) is 0 Å². The van der Waals surface area contributed by atoms with E-state index in [1.165, 1.54) is 34.0 Å². The highest BCUT2D eigenvalue weighted by Crippen LogP contribution is 2.21. The average molecular weight is 326 g/mol. The van der Waals surface area contributed by atoms with Crippen molar-refractivity contribution in [3.63, 3.8) is 0 Å². The van der Waals surface area contributed by atoms with Gasteiger partial charge in [0.15, 0.2) is 0 Å². The normalized spacial score (nSPS) is 10.9. The maximum absolute atomic E-state index is 13.0. The number of halogens is 1. The van der Waals surface area contributed by atoms with Gasteiger partial charge in [-0.3, -0.25) is 0 Å². The highest BCUT2D eigenvalue weighted by atomic mass is 19.1. The van der Waals surface area contributed by atoms with Gasteiger partial charge in [0, 0.05) is 0 Å². The van der Waals surface area contributed by atoms with Gasteiger partial charge in [0.1, 0.15) is 5.82 Å². The SMILES string of the molecule is Fc1ccc(-c2ccc(CCc3ccc4ccccc4c3)cc2)cc1. The van der Waals surface area contributed by atoms with Crippen LogP contribution in [0.2, 0.25) is 0 Å². The molecule has 0 aliphatic carbocycles. The lowest BCUT2D eigenvalue weighted by Gasteiger charge is -2.06. The van der Waals surface area contributed by atoms with Crippen molar-refractivity contribution in [2.45, 2.75) is 12.8 Å².